The van der Waals surface area contributed by atoms with Crippen LogP contribution < -0.4 is 5.32 Å². The van der Waals surface area contributed by atoms with E-state index in [4.69, 9.17) is 0 Å². The Morgan fingerprint density at radius 2 is 1.91 bits per heavy atom. The maximum Gasteiger partial charge on any atom is 0.242 e. The second-order valence-corrected chi connectivity index (χ2v) is 7.63. The van der Waals surface area contributed by atoms with E-state index in [1.165, 1.54) is 18.4 Å². The second-order valence-electron chi connectivity index (χ2n) is 5.48. The van der Waals surface area contributed by atoms with Crippen LogP contribution in [-0.4, -0.2) is 36.6 Å². The van der Waals surface area contributed by atoms with Gasteiger partial charge in [0.25, 0.3) is 0 Å². The molecule has 22 heavy (non-hydrogen) atoms. The van der Waals surface area contributed by atoms with Crippen LogP contribution in [0.5, 0.6) is 0 Å². The molecule has 0 saturated carbocycles. The van der Waals surface area contributed by atoms with Gasteiger partial charge in [-0.25, -0.2) is 12.7 Å². The van der Waals surface area contributed by atoms with Crippen molar-refractivity contribution in [1.29, 1.82) is 0 Å². The number of hydrogen-bond acceptors (Lipinski definition) is 4. The van der Waals surface area contributed by atoms with Crippen LogP contribution in [0.25, 0.3) is 0 Å². The van der Waals surface area contributed by atoms with Crippen LogP contribution in [0, 0.1) is 0 Å². The molecule has 6 nitrogen and oxygen atoms in total. The van der Waals surface area contributed by atoms with Crippen molar-refractivity contribution < 1.29 is 8.42 Å². The summed E-state index contributed by atoms with van der Waals surface area (Å²) in [7, 11) is 1.57. The van der Waals surface area contributed by atoms with Crippen LogP contribution in [-0.2, 0) is 23.6 Å². The smallest absolute Gasteiger partial charge is 0.242 e. The molecule has 0 unspecified atom stereocenters. The van der Waals surface area contributed by atoms with Gasteiger partial charge in [-0.3, -0.25) is 4.68 Å². The van der Waals surface area contributed by atoms with Gasteiger partial charge in [-0.05, 0) is 24.6 Å². The molecule has 0 saturated heterocycles. The zero-order chi connectivity index (χ0) is 16.3. The number of hydrogen-bond donors (Lipinski definition) is 1. The first-order valence-electron chi connectivity index (χ1n) is 7.04. The monoisotopic (exact) mass is 322 g/mol. The van der Waals surface area contributed by atoms with Gasteiger partial charge in [0.2, 0.25) is 10.0 Å². The van der Waals surface area contributed by atoms with Crippen molar-refractivity contribution in [1.82, 2.24) is 19.4 Å². The molecule has 2 aromatic rings. The fraction of sp³-hybridized carbons (Fsp3) is 0.400. The Morgan fingerprint density at radius 1 is 1.27 bits per heavy atom. The molecule has 0 bridgehead atoms. The Balaban J connectivity index is 2.03. The van der Waals surface area contributed by atoms with Crippen molar-refractivity contribution in [3.05, 3.63) is 47.8 Å². The highest BCUT2D eigenvalue weighted by Crippen LogP contribution is 2.18. The molecule has 1 aromatic carbocycles. The van der Waals surface area contributed by atoms with E-state index in [2.05, 4.69) is 10.4 Å². The maximum atomic E-state index is 12.0. The SMILES string of the molecule is C[C@H](NCc1cnn(C)c1)c1ccc(S(=O)(=O)N(C)C)cc1. The summed E-state index contributed by atoms with van der Waals surface area (Å²) in [5.41, 5.74) is 2.16. The van der Waals surface area contributed by atoms with Crippen molar-refractivity contribution in [2.24, 2.45) is 7.05 Å². The molecule has 0 fully saturated rings. The van der Waals surface area contributed by atoms with Crippen LogP contribution >= 0.6 is 0 Å². The van der Waals surface area contributed by atoms with E-state index in [1.54, 1.807) is 16.8 Å². The van der Waals surface area contributed by atoms with Crippen LogP contribution in [0.15, 0.2) is 41.6 Å². The Morgan fingerprint density at radius 3 is 2.41 bits per heavy atom. The van der Waals surface area contributed by atoms with E-state index in [1.807, 2.05) is 38.5 Å². The Bertz CT molecular complexity index is 720. The molecule has 1 heterocycles. The van der Waals surface area contributed by atoms with Crippen molar-refractivity contribution in [3.8, 4) is 0 Å². The van der Waals surface area contributed by atoms with Gasteiger partial charge in [0, 0.05) is 45.5 Å². The van der Waals surface area contributed by atoms with Crippen LogP contribution in [0.1, 0.15) is 24.1 Å². The minimum absolute atomic E-state index is 0.122. The van der Waals surface area contributed by atoms with Gasteiger partial charge in [0.1, 0.15) is 0 Å². The highest BCUT2D eigenvalue weighted by atomic mass is 32.2. The van der Waals surface area contributed by atoms with Crippen molar-refractivity contribution in [3.63, 3.8) is 0 Å². The number of aromatic nitrogens is 2. The third kappa shape index (κ3) is 3.73. The molecule has 1 N–H and O–H groups in total. The highest BCUT2D eigenvalue weighted by molar-refractivity contribution is 7.89. The zero-order valence-electron chi connectivity index (χ0n) is 13.3. The summed E-state index contributed by atoms with van der Waals surface area (Å²) in [5, 5.41) is 7.52. The van der Waals surface area contributed by atoms with E-state index in [0.717, 1.165) is 11.1 Å². The van der Waals surface area contributed by atoms with Gasteiger partial charge in [0.15, 0.2) is 0 Å². The van der Waals surface area contributed by atoms with E-state index in [0.29, 0.717) is 11.4 Å². The summed E-state index contributed by atoms with van der Waals surface area (Å²) < 4.78 is 27.0. The summed E-state index contributed by atoms with van der Waals surface area (Å²) in [4.78, 5) is 0.306. The van der Waals surface area contributed by atoms with Crippen molar-refractivity contribution >= 4 is 10.0 Å². The van der Waals surface area contributed by atoms with Gasteiger partial charge < -0.3 is 5.32 Å². The summed E-state index contributed by atoms with van der Waals surface area (Å²) in [6.07, 6.45) is 3.79. The third-order valence-electron chi connectivity index (χ3n) is 3.53. The standard InChI is InChI=1S/C15H22N4O2S/c1-12(16-9-13-10-17-19(4)11-13)14-5-7-15(8-6-14)22(20,21)18(2)3/h5-8,10-12,16H,9H2,1-4H3/t12-/m0/s1. The molecule has 1 atom stereocenters. The number of nitrogens with zero attached hydrogens (tertiary/aromatic N) is 3. The van der Waals surface area contributed by atoms with Crippen molar-refractivity contribution in [2.45, 2.75) is 24.4 Å². The maximum absolute atomic E-state index is 12.0. The molecule has 0 radical (unpaired) electrons. The summed E-state index contributed by atoms with van der Waals surface area (Å²) in [5.74, 6) is 0. The van der Waals surface area contributed by atoms with E-state index < -0.39 is 10.0 Å². The normalized spacial score (nSPS) is 13.5. The molecule has 120 valence electrons. The topological polar surface area (TPSA) is 67.2 Å². The second kappa shape index (κ2) is 6.60. The lowest BCUT2D eigenvalue weighted by atomic mass is 10.1. The largest absolute Gasteiger partial charge is 0.306 e. The average Bonchev–Trinajstić information content (AvgIpc) is 2.90. The van der Waals surface area contributed by atoms with Gasteiger partial charge in [0.05, 0.1) is 11.1 Å². The Labute approximate surface area is 131 Å². The number of sulfonamides is 1. The number of nitrogens with one attached hydrogen (secondary N) is 1. The lowest BCUT2D eigenvalue weighted by molar-refractivity contribution is 0.520. The first-order chi connectivity index (χ1) is 10.3. The summed E-state index contributed by atoms with van der Waals surface area (Å²) in [6.45, 7) is 2.76. The molecule has 0 aliphatic carbocycles. The lowest BCUT2D eigenvalue weighted by Gasteiger charge is -2.15. The molecule has 0 spiro atoms. The first-order valence-corrected chi connectivity index (χ1v) is 8.48. The predicted molar refractivity (Wildman–Crippen MR) is 85.8 cm³/mol. The van der Waals surface area contributed by atoms with Gasteiger partial charge in [-0.2, -0.15) is 5.10 Å². The average molecular weight is 322 g/mol. The third-order valence-corrected chi connectivity index (χ3v) is 5.36. The fourth-order valence-corrected chi connectivity index (χ4v) is 2.99. The molecule has 0 aliphatic heterocycles. The first kappa shape index (κ1) is 16.7. The predicted octanol–water partition coefficient (Wildman–Crippen LogP) is 1.52. The molecule has 0 aliphatic rings. The van der Waals surface area contributed by atoms with Crippen LogP contribution in [0.3, 0.4) is 0 Å². The van der Waals surface area contributed by atoms with E-state index in [-0.39, 0.29) is 6.04 Å². The van der Waals surface area contributed by atoms with Crippen LogP contribution in [0.2, 0.25) is 0 Å². The molecule has 0 amide bonds. The number of aryl methyl sites for hydroxylation is 1. The van der Waals surface area contributed by atoms with Crippen LogP contribution in [0.4, 0.5) is 0 Å². The Hall–Kier alpha value is -1.70. The summed E-state index contributed by atoms with van der Waals surface area (Å²) in [6, 6.07) is 7.10. The fourth-order valence-electron chi connectivity index (χ4n) is 2.09. The Kier molecular flexibility index (Phi) is 5.00. The van der Waals surface area contributed by atoms with E-state index >= 15 is 0 Å². The van der Waals surface area contributed by atoms with E-state index in [9.17, 15) is 8.42 Å². The number of rotatable bonds is 6. The molecule has 1 aromatic heterocycles. The molecule has 7 heteroatoms. The number of benzene rings is 1. The minimum atomic E-state index is -3.37. The van der Waals surface area contributed by atoms with Gasteiger partial charge in [-0.15, -0.1) is 0 Å². The highest BCUT2D eigenvalue weighted by Gasteiger charge is 2.17. The zero-order valence-corrected chi connectivity index (χ0v) is 14.1. The minimum Gasteiger partial charge on any atom is -0.306 e. The van der Waals surface area contributed by atoms with Gasteiger partial charge >= 0.3 is 0 Å². The summed E-state index contributed by atoms with van der Waals surface area (Å²) >= 11 is 0. The molecular weight excluding hydrogens is 300 g/mol. The lowest BCUT2D eigenvalue weighted by Crippen LogP contribution is -2.22. The van der Waals surface area contributed by atoms with Crippen molar-refractivity contribution in [2.75, 3.05) is 14.1 Å². The quantitative estimate of drug-likeness (QED) is 0.875. The molecule has 2 rings (SSSR count). The molecular formula is C15H22N4O2S. The van der Waals surface area contributed by atoms with Gasteiger partial charge in [-0.1, -0.05) is 12.1 Å².